The van der Waals surface area contributed by atoms with Crippen LogP contribution in [0.25, 0.3) is 0 Å². The third kappa shape index (κ3) is 2.49. The highest BCUT2D eigenvalue weighted by atomic mass is 16.2. The maximum atomic E-state index is 11.2. The molecule has 2 fully saturated rings. The molecule has 4 nitrogen and oxygen atoms in total. The average Bonchev–Trinajstić information content (AvgIpc) is 2.91. The second-order valence-corrected chi connectivity index (χ2v) is 4.67. The van der Waals surface area contributed by atoms with Crippen molar-refractivity contribution in [1.29, 1.82) is 0 Å². The lowest BCUT2D eigenvalue weighted by Gasteiger charge is -2.28. The molecular weight excluding hydrogens is 190 g/mol. The summed E-state index contributed by atoms with van der Waals surface area (Å²) in [4.78, 5) is 15.7. The SMILES string of the molecule is CC(=O)N1CC[C@H](N(CCN)C2CC2)C1. The minimum absolute atomic E-state index is 0.209. The van der Waals surface area contributed by atoms with Crippen LogP contribution in [0.3, 0.4) is 0 Å². The van der Waals surface area contributed by atoms with Crippen molar-refractivity contribution < 1.29 is 4.79 Å². The molecule has 0 unspecified atom stereocenters. The van der Waals surface area contributed by atoms with Gasteiger partial charge in [-0.15, -0.1) is 0 Å². The van der Waals surface area contributed by atoms with Crippen LogP contribution >= 0.6 is 0 Å². The van der Waals surface area contributed by atoms with Crippen molar-refractivity contribution in [3.63, 3.8) is 0 Å². The predicted octanol–water partition coefficient (Wildman–Crippen LogP) is 0.0303. The fraction of sp³-hybridized carbons (Fsp3) is 0.909. The van der Waals surface area contributed by atoms with Crippen molar-refractivity contribution in [2.75, 3.05) is 26.2 Å². The summed E-state index contributed by atoms with van der Waals surface area (Å²) >= 11 is 0. The van der Waals surface area contributed by atoms with Gasteiger partial charge in [0.25, 0.3) is 0 Å². The molecule has 0 spiro atoms. The van der Waals surface area contributed by atoms with Gasteiger partial charge in [0, 0.05) is 45.2 Å². The number of carbonyl (C=O) groups excluding carboxylic acids is 1. The second-order valence-electron chi connectivity index (χ2n) is 4.67. The average molecular weight is 211 g/mol. The molecule has 1 saturated carbocycles. The lowest BCUT2D eigenvalue weighted by atomic mass is 10.2. The van der Waals surface area contributed by atoms with Crippen LogP contribution in [0.5, 0.6) is 0 Å². The van der Waals surface area contributed by atoms with E-state index < -0.39 is 0 Å². The molecule has 0 bridgehead atoms. The molecule has 0 aromatic rings. The zero-order valence-electron chi connectivity index (χ0n) is 9.48. The maximum absolute atomic E-state index is 11.2. The molecule has 0 radical (unpaired) electrons. The van der Waals surface area contributed by atoms with Crippen LogP contribution in [0.2, 0.25) is 0 Å². The van der Waals surface area contributed by atoms with Crippen molar-refractivity contribution in [2.45, 2.75) is 38.3 Å². The molecule has 2 rings (SSSR count). The van der Waals surface area contributed by atoms with Crippen LogP contribution in [0, 0.1) is 0 Å². The van der Waals surface area contributed by atoms with Gasteiger partial charge in [0.05, 0.1) is 0 Å². The number of rotatable bonds is 4. The number of carbonyl (C=O) groups is 1. The van der Waals surface area contributed by atoms with Gasteiger partial charge in [0.1, 0.15) is 0 Å². The molecule has 86 valence electrons. The van der Waals surface area contributed by atoms with Crippen molar-refractivity contribution in [3.8, 4) is 0 Å². The first kappa shape index (κ1) is 10.9. The van der Waals surface area contributed by atoms with Crippen LogP contribution in [-0.4, -0.2) is 54.0 Å². The Morgan fingerprint density at radius 3 is 2.60 bits per heavy atom. The Morgan fingerprint density at radius 1 is 1.40 bits per heavy atom. The van der Waals surface area contributed by atoms with Crippen LogP contribution in [0.4, 0.5) is 0 Å². The zero-order valence-corrected chi connectivity index (χ0v) is 9.48. The molecule has 0 aromatic carbocycles. The van der Waals surface area contributed by atoms with Crippen molar-refractivity contribution >= 4 is 5.91 Å². The molecule has 1 saturated heterocycles. The molecule has 1 amide bonds. The molecule has 1 aliphatic heterocycles. The van der Waals surface area contributed by atoms with Gasteiger partial charge in [0.2, 0.25) is 5.91 Å². The second kappa shape index (κ2) is 4.49. The highest BCUT2D eigenvalue weighted by Crippen LogP contribution is 2.30. The number of hydrogen-bond donors (Lipinski definition) is 1. The first-order valence-electron chi connectivity index (χ1n) is 5.93. The summed E-state index contributed by atoms with van der Waals surface area (Å²) in [6.45, 7) is 5.21. The lowest BCUT2D eigenvalue weighted by Crippen LogP contribution is -2.42. The number of hydrogen-bond acceptors (Lipinski definition) is 3. The van der Waals surface area contributed by atoms with E-state index >= 15 is 0 Å². The fourth-order valence-corrected chi connectivity index (χ4v) is 2.52. The van der Waals surface area contributed by atoms with Gasteiger partial charge in [0.15, 0.2) is 0 Å². The Hall–Kier alpha value is -0.610. The van der Waals surface area contributed by atoms with Crippen LogP contribution in [0.1, 0.15) is 26.2 Å². The smallest absolute Gasteiger partial charge is 0.219 e. The van der Waals surface area contributed by atoms with Gasteiger partial charge in [-0.2, -0.15) is 0 Å². The van der Waals surface area contributed by atoms with E-state index in [2.05, 4.69) is 4.90 Å². The van der Waals surface area contributed by atoms with Crippen molar-refractivity contribution in [2.24, 2.45) is 5.73 Å². The van der Waals surface area contributed by atoms with E-state index in [9.17, 15) is 4.79 Å². The summed E-state index contributed by atoms with van der Waals surface area (Å²) in [6, 6.07) is 1.32. The van der Waals surface area contributed by atoms with Gasteiger partial charge in [-0.25, -0.2) is 0 Å². The summed E-state index contributed by atoms with van der Waals surface area (Å²) in [5, 5.41) is 0. The van der Waals surface area contributed by atoms with Gasteiger partial charge < -0.3 is 10.6 Å². The zero-order chi connectivity index (χ0) is 10.8. The van der Waals surface area contributed by atoms with Gasteiger partial charge in [-0.05, 0) is 19.3 Å². The predicted molar refractivity (Wildman–Crippen MR) is 59.4 cm³/mol. The molecule has 4 heteroatoms. The standard InChI is InChI=1S/C11H21N3O/c1-9(15)13-6-4-11(8-13)14(7-5-12)10-2-3-10/h10-11H,2-8,12H2,1H3/t11-/m0/s1. The normalized spacial score (nSPS) is 26.3. The molecule has 2 N–H and O–H groups in total. The molecule has 0 aromatic heterocycles. The van der Waals surface area contributed by atoms with E-state index in [1.165, 1.54) is 12.8 Å². The van der Waals surface area contributed by atoms with E-state index in [4.69, 9.17) is 5.73 Å². The quantitative estimate of drug-likeness (QED) is 0.714. The third-order valence-corrected chi connectivity index (χ3v) is 3.48. The number of amides is 1. The molecular formula is C11H21N3O. The summed E-state index contributed by atoms with van der Waals surface area (Å²) in [5.41, 5.74) is 5.63. The van der Waals surface area contributed by atoms with E-state index in [0.717, 1.165) is 38.6 Å². The van der Waals surface area contributed by atoms with E-state index in [-0.39, 0.29) is 5.91 Å². The maximum Gasteiger partial charge on any atom is 0.219 e. The molecule has 15 heavy (non-hydrogen) atoms. The molecule has 2 aliphatic rings. The van der Waals surface area contributed by atoms with Crippen LogP contribution < -0.4 is 5.73 Å². The van der Waals surface area contributed by atoms with Gasteiger partial charge in [-0.3, -0.25) is 9.69 Å². The van der Waals surface area contributed by atoms with Crippen LogP contribution in [-0.2, 0) is 4.79 Å². The topological polar surface area (TPSA) is 49.6 Å². The highest BCUT2D eigenvalue weighted by Gasteiger charge is 2.36. The Morgan fingerprint density at radius 2 is 2.13 bits per heavy atom. The van der Waals surface area contributed by atoms with E-state index in [1.54, 1.807) is 6.92 Å². The largest absolute Gasteiger partial charge is 0.341 e. The summed E-state index contributed by atoms with van der Waals surface area (Å²) in [6.07, 6.45) is 3.75. The molecule has 1 heterocycles. The lowest BCUT2D eigenvalue weighted by molar-refractivity contribution is -0.127. The van der Waals surface area contributed by atoms with Crippen molar-refractivity contribution in [3.05, 3.63) is 0 Å². The van der Waals surface area contributed by atoms with Crippen LogP contribution in [0.15, 0.2) is 0 Å². The number of nitrogens with zero attached hydrogens (tertiary/aromatic N) is 2. The Balaban J connectivity index is 1.89. The highest BCUT2D eigenvalue weighted by molar-refractivity contribution is 5.73. The minimum Gasteiger partial charge on any atom is -0.341 e. The van der Waals surface area contributed by atoms with E-state index in [1.807, 2.05) is 4.90 Å². The first-order chi connectivity index (χ1) is 7.22. The van der Waals surface area contributed by atoms with Gasteiger partial charge >= 0.3 is 0 Å². The summed E-state index contributed by atoms with van der Waals surface area (Å²) in [7, 11) is 0. The summed E-state index contributed by atoms with van der Waals surface area (Å²) < 4.78 is 0. The number of likely N-dealkylation sites (tertiary alicyclic amines) is 1. The first-order valence-corrected chi connectivity index (χ1v) is 5.93. The summed E-state index contributed by atoms with van der Waals surface area (Å²) in [5.74, 6) is 0.209. The Labute approximate surface area is 91.4 Å². The Kier molecular flexibility index (Phi) is 3.26. The van der Waals surface area contributed by atoms with E-state index in [0.29, 0.717) is 6.04 Å². The number of nitrogens with two attached hydrogens (primary N) is 1. The Bertz CT molecular complexity index is 240. The van der Waals surface area contributed by atoms with Gasteiger partial charge in [-0.1, -0.05) is 0 Å². The third-order valence-electron chi connectivity index (χ3n) is 3.48. The molecule has 1 aliphatic carbocycles. The fourth-order valence-electron chi connectivity index (χ4n) is 2.52. The minimum atomic E-state index is 0.209. The van der Waals surface area contributed by atoms with Crippen molar-refractivity contribution in [1.82, 2.24) is 9.80 Å². The molecule has 1 atom stereocenters. The monoisotopic (exact) mass is 211 g/mol.